The number of hydrogen-bond acceptors (Lipinski definition) is 6. The Balaban J connectivity index is 2.83. The van der Waals surface area contributed by atoms with E-state index >= 15 is 0 Å². The van der Waals surface area contributed by atoms with Crippen LogP contribution in [0.3, 0.4) is 0 Å². The van der Waals surface area contributed by atoms with Gasteiger partial charge < -0.3 is 20.5 Å². The van der Waals surface area contributed by atoms with Gasteiger partial charge in [-0.25, -0.2) is 0 Å². The van der Waals surface area contributed by atoms with Gasteiger partial charge in [-0.1, -0.05) is 4.74 Å². The fraction of sp³-hybridized carbons (Fsp3) is 0.800. The van der Waals surface area contributed by atoms with Crippen LogP contribution in [0.25, 0.3) is 0 Å². The third kappa shape index (κ3) is 1.29. The molecule has 0 radical (unpaired) electrons. The maximum Gasteiger partial charge on any atom is 0.383 e. The predicted molar refractivity (Wildman–Crippen MR) is 37.3 cm³/mol. The molecule has 12 heavy (non-hydrogen) atoms. The lowest BCUT2D eigenvalue weighted by Crippen LogP contribution is -2.63. The molecule has 0 aromatic carbocycles. The summed E-state index contributed by atoms with van der Waals surface area (Å²) in [5, 5.41) is 38.3. The first kappa shape index (κ1) is 9.04. The molecule has 1 aliphatic rings. The molecule has 70 valence electrons. The second-order valence-electron chi connectivity index (χ2n) is 2.57. The second-order valence-corrected chi connectivity index (χ2v) is 2.57. The van der Waals surface area contributed by atoms with Crippen LogP contribution in [0, 0.1) is 0 Å². The molecule has 0 bridgehead atoms. The zero-order valence-electron chi connectivity index (χ0n) is 6.25. The molecule has 7 N–H and O–H groups in total. The van der Waals surface area contributed by atoms with Crippen molar-refractivity contribution < 1.29 is 25.3 Å². The van der Waals surface area contributed by atoms with Gasteiger partial charge in [0.15, 0.2) is 6.10 Å². The van der Waals surface area contributed by atoms with E-state index in [1.54, 1.807) is 0 Å². The zero-order valence-corrected chi connectivity index (χ0v) is 6.25. The van der Waals surface area contributed by atoms with Gasteiger partial charge in [-0.15, -0.1) is 0 Å². The number of nitrogens with one attached hydrogen (secondary N) is 1. The summed E-state index contributed by atoms with van der Waals surface area (Å²) in [5.74, 6) is -0.202. The Morgan fingerprint density at radius 3 is 2.58 bits per heavy atom. The summed E-state index contributed by atoms with van der Waals surface area (Å²) in [4.78, 5) is 0. The van der Waals surface area contributed by atoms with Crippen LogP contribution in [0.5, 0.6) is 0 Å². The van der Waals surface area contributed by atoms with Crippen molar-refractivity contribution in [3.63, 3.8) is 0 Å². The van der Waals surface area contributed by atoms with E-state index in [0.717, 1.165) is 0 Å². The topological polar surface area (TPSA) is 122 Å². The standard InChI is InChI=1S/C5H11N3O4/c6-5-7-2(1-9)3(10)4(11)8(5)12/h2-4,9-12H,1H2,(H2,6,7)/p+1/t2-,3+,4-/m1/s1. The van der Waals surface area contributed by atoms with Crippen molar-refractivity contribution in [2.45, 2.75) is 18.4 Å². The summed E-state index contributed by atoms with van der Waals surface area (Å²) in [6.45, 7) is -0.382. The van der Waals surface area contributed by atoms with Crippen LogP contribution in [-0.2, 0) is 0 Å². The summed E-state index contributed by atoms with van der Waals surface area (Å²) < 4.78 is 0.302. The monoisotopic (exact) mass is 178 g/mol. The maximum absolute atomic E-state index is 9.18. The van der Waals surface area contributed by atoms with Gasteiger partial charge in [-0.2, -0.15) is 0 Å². The molecular weight excluding hydrogens is 166 g/mol. The second kappa shape index (κ2) is 3.13. The summed E-state index contributed by atoms with van der Waals surface area (Å²) in [6.07, 6.45) is -2.80. The van der Waals surface area contributed by atoms with Gasteiger partial charge >= 0.3 is 5.96 Å². The Morgan fingerprint density at radius 2 is 2.08 bits per heavy atom. The Labute approximate surface area is 68.3 Å². The summed E-state index contributed by atoms with van der Waals surface area (Å²) in [7, 11) is 0. The van der Waals surface area contributed by atoms with Crippen molar-refractivity contribution in [2.24, 2.45) is 5.73 Å². The number of nitrogens with two attached hydrogens (primary N) is 1. The van der Waals surface area contributed by atoms with E-state index in [0.29, 0.717) is 4.74 Å². The highest BCUT2D eigenvalue weighted by Gasteiger charge is 2.39. The maximum atomic E-state index is 9.18. The van der Waals surface area contributed by atoms with Gasteiger partial charge in [0.05, 0.1) is 6.61 Å². The van der Waals surface area contributed by atoms with Crippen LogP contribution >= 0.6 is 0 Å². The van der Waals surface area contributed by atoms with Gasteiger partial charge in [-0.05, 0) is 0 Å². The molecule has 0 saturated heterocycles. The molecule has 0 unspecified atom stereocenters. The van der Waals surface area contributed by atoms with Gasteiger partial charge in [0.25, 0.3) is 0 Å². The molecule has 0 aromatic heterocycles. The molecule has 0 amide bonds. The molecular formula is C5H12N3O4+. The Hall–Kier alpha value is -1.05. The zero-order chi connectivity index (χ0) is 9.30. The summed E-state index contributed by atoms with van der Waals surface area (Å²) in [5.41, 5.74) is 5.20. The lowest BCUT2D eigenvalue weighted by molar-refractivity contribution is -0.832. The highest BCUT2D eigenvalue weighted by Crippen LogP contribution is 2.04. The Kier molecular flexibility index (Phi) is 2.36. The van der Waals surface area contributed by atoms with Crippen LogP contribution in [-0.4, -0.2) is 56.2 Å². The SMILES string of the molecule is NC1=[N+](O)[C@H](O)[C@@H](O)[C@@H](CO)N1. The first-order valence-corrected chi connectivity index (χ1v) is 3.42. The van der Waals surface area contributed by atoms with Gasteiger partial charge in [0.1, 0.15) is 6.04 Å². The average molecular weight is 178 g/mol. The normalized spacial score (nSPS) is 36.4. The minimum absolute atomic E-state index is 0.202. The molecule has 3 atom stereocenters. The van der Waals surface area contributed by atoms with Crippen LogP contribution < -0.4 is 11.1 Å². The molecule has 0 fully saturated rings. The van der Waals surface area contributed by atoms with Crippen molar-refractivity contribution in [3.8, 4) is 0 Å². The Morgan fingerprint density at radius 1 is 1.50 bits per heavy atom. The first-order valence-electron chi connectivity index (χ1n) is 3.42. The smallest absolute Gasteiger partial charge is 0.383 e. The third-order valence-electron chi connectivity index (χ3n) is 1.75. The van der Waals surface area contributed by atoms with Crippen molar-refractivity contribution in [1.82, 2.24) is 5.32 Å². The van der Waals surface area contributed by atoms with Crippen LogP contribution in [0.15, 0.2) is 0 Å². The lowest BCUT2D eigenvalue weighted by Gasteiger charge is -2.27. The first-order chi connectivity index (χ1) is 5.57. The molecule has 0 aliphatic carbocycles. The van der Waals surface area contributed by atoms with E-state index in [4.69, 9.17) is 21.2 Å². The number of hydrogen-bond donors (Lipinski definition) is 6. The van der Waals surface area contributed by atoms with Gasteiger partial charge in [0, 0.05) is 0 Å². The lowest BCUT2D eigenvalue weighted by atomic mass is 10.1. The molecule has 1 rings (SSSR count). The summed E-state index contributed by atoms with van der Waals surface area (Å²) >= 11 is 0. The number of guanidine groups is 1. The van der Waals surface area contributed by atoms with E-state index in [1.807, 2.05) is 0 Å². The average Bonchev–Trinajstić information content (AvgIpc) is 2.08. The number of rotatable bonds is 1. The van der Waals surface area contributed by atoms with Crippen molar-refractivity contribution >= 4 is 5.96 Å². The van der Waals surface area contributed by atoms with E-state index in [2.05, 4.69) is 5.32 Å². The number of nitrogens with zero attached hydrogens (tertiary/aromatic N) is 1. The molecule has 7 nitrogen and oxygen atoms in total. The largest absolute Gasteiger partial charge is 0.393 e. The molecule has 0 saturated carbocycles. The molecule has 0 spiro atoms. The minimum atomic E-state index is -1.51. The number of aliphatic hydroxyl groups is 3. The van der Waals surface area contributed by atoms with E-state index in [1.165, 1.54) is 0 Å². The Bertz CT molecular complexity index is 207. The molecule has 1 aliphatic heterocycles. The molecule has 1 heterocycles. The fourth-order valence-corrected chi connectivity index (χ4v) is 0.990. The van der Waals surface area contributed by atoms with Gasteiger partial charge in [-0.3, -0.25) is 11.1 Å². The van der Waals surface area contributed by atoms with Crippen LogP contribution in [0.2, 0.25) is 0 Å². The van der Waals surface area contributed by atoms with E-state index < -0.39 is 18.4 Å². The minimum Gasteiger partial charge on any atom is -0.393 e. The summed E-state index contributed by atoms with van der Waals surface area (Å²) in [6, 6.07) is -0.761. The van der Waals surface area contributed by atoms with Crippen molar-refractivity contribution in [1.29, 1.82) is 0 Å². The molecule has 7 heteroatoms. The number of aliphatic hydroxyl groups excluding tert-OH is 3. The van der Waals surface area contributed by atoms with Gasteiger partial charge in [0.2, 0.25) is 6.23 Å². The van der Waals surface area contributed by atoms with Crippen LogP contribution in [0.4, 0.5) is 0 Å². The fourth-order valence-electron chi connectivity index (χ4n) is 0.990. The quantitative estimate of drug-likeness (QED) is 0.182. The number of hydroxylamine groups is 1. The van der Waals surface area contributed by atoms with E-state index in [-0.39, 0.29) is 12.6 Å². The van der Waals surface area contributed by atoms with Crippen LogP contribution in [0.1, 0.15) is 0 Å². The highest BCUT2D eigenvalue weighted by atomic mass is 16.5. The van der Waals surface area contributed by atoms with Crippen molar-refractivity contribution in [2.75, 3.05) is 6.61 Å². The van der Waals surface area contributed by atoms with E-state index in [9.17, 15) is 5.11 Å². The predicted octanol–water partition coefficient (Wildman–Crippen LogP) is -3.65. The molecule has 0 aromatic rings. The third-order valence-corrected chi connectivity index (χ3v) is 1.75. The van der Waals surface area contributed by atoms with Crippen molar-refractivity contribution in [3.05, 3.63) is 0 Å². The highest BCUT2D eigenvalue weighted by molar-refractivity contribution is 5.73.